The van der Waals surface area contributed by atoms with Crippen LogP contribution >= 0.6 is 34.2 Å². The van der Waals surface area contributed by atoms with Crippen molar-refractivity contribution in [2.75, 3.05) is 25.6 Å². The quantitative estimate of drug-likeness (QED) is 0.630. The van der Waals surface area contributed by atoms with Crippen LogP contribution in [0.4, 0.5) is 0 Å². The van der Waals surface area contributed by atoms with Crippen molar-refractivity contribution in [2.45, 2.75) is 6.10 Å². The van der Waals surface area contributed by atoms with E-state index in [1.165, 1.54) is 6.07 Å². The highest BCUT2D eigenvalue weighted by Crippen LogP contribution is 2.22. The number of halogens is 2. The third kappa shape index (κ3) is 3.07. The van der Waals surface area contributed by atoms with Gasteiger partial charge in [-0.15, -0.1) is 11.6 Å². The Kier molecular flexibility index (Phi) is 4.69. The van der Waals surface area contributed by atoms with Crippen LogP contribution < -0.4 is 0 Å². The van der Waals surface area contributed by atoms with E-state index < -0.39 is 0 Å². The Bertz CT molecular complexity index is 455. The molecule has 1 heterocycles. The van der Waals surface area contributed by atoms with E-state index in [9.17, 15) is 9.90 Å². The summed E-state index contributed by atoms with van der Waals surface area (Å²) in [5.74, 6) is 0.195. The maximum absolute atomic E-state index is 12.3. The first kappa shape index (κ1) is 13.9. The Morgan fingerprint density at radius 3 is 3.11 bits per heavy atom. The number of carbonyl (C=O) groups is 1. The third-order valence-electron chi connectivity index (χ3n) is 2.79. The molecule has 1 unspecified atom stereocenters. The summed E-state index contributed by atoms with van der Waals surface area (Å²) < 4.78 is 6.32. The van der Waals surface area contributed by atoms with Gasteiger partial charge in [0.25, 0.3) is 5.91 Å². The van der Waals surface area contributed by atoms with Crippen molar-refractivity contribution < 1.29 is 14.6 Å². The number of rotatable bonds is 2. The van der Waals surface area contributed by atoms with Crippen LogP contribution in [0.15, 0.2) is 18.2 Å². The number of alkyl halides is 1. The Labute approximate surface area is 124 Å². The molecule has 0 bridgehead atoms. The number of amides is 1. The molecule has 1 saturated heterocycles. The molecule has 1 amide bonds. The summed E-state index contributed by atoms with van der Waals surface area (Å²) in [5.41, 5.74) is 0.331. The third-order valence-corrected chi connectivity index (χ3v) is 3.80. The molecular formula is C12H13ClINO3. The molecule has 2 rings (SSSR count). The van der Waals surface area contributed by atoms with E-state index >= 15 is 0 Å². The van der Waals surface area contributed by atoms with Crippen LogP contribution in [0, 0.1) is 3.57 Å². The number of carbonyl (C=O) groups excluding carboxylic acids is 1. The predicted molar refractivity (Wildman–Crippen MR) is 77.2 cm³/mol. The van der Waals surface area contributed by atoms with Crippen LogP contribution in [0.2, 0.25) is 0 Å². The summed E-state index contributed by atoms with van der Waals surface area (Å²) in [6.07, 6.45) is -0.130. The van der Waals surface area contributed by atoms with Crippen LogP contribution in [0.3, 0.4) is 0 Å². The SMILES string of the molecule is O=C(c1cc(I)ccc1O)N1CCOC(CCl)C1. The summed E-state index contributed by atoms with van der Waals surface area (Å²) in [6, 6.07) is 4.98. The zero-order valence-corrected chi connectivity index (χ0v) is 12.5. The maximum Gasteiger partial charge on any atom is 0.257 e. The standard InChI is InChI=1S/C12H13ClINO3/c13-6-9-7-15(3-4-18-9)12(17)10-5-8(14)1-2-11(10)16/h1-2,5,9,16H,3-4,6-7H2. The van der Waals surface area contributed by atoms with E-state index in [1.54, 1.807) is 17.0 Å². The van der Waals surface area contributed by atoms with Gasteiger partial charge in [-0.2, -0.15) is 0 Å². The summed E-state index contributed by atoms with van der Waals surface area (Å²) in [7, 11) is 0. The van der Waals surface area contributed by atoms with Gasteiger partial charge in [-0.1, -0.05) is 0 Å². The molecule has 1 aliphatic rings. The Morgan fingerprint density at radius 2 is 2.39 bits per heavy atom. The van der Waals surface area contributed by atoms with Gasteiger partial charge in [0, 0.05) is 16.7 Å². The van der Waals surface area contributed by atoms with Crippen molar-refractivity contribution in [3.8, 4) is 5.75 Å². The first-order valence-electron chi connectivity index (χ1n) is 5.57. The van der Waals surface area contributed by atoms with E-state index in [2.05, 4.69) is 22.6 Å². The summed E-state index contributed by atoms with van der Waals surface area (Å²) in [5, 5.41) is 9.75. The second-order valence-electron chi connectivity index (χ2n) is 4.06. The summed E-state index contributed by atoms with van der Waals surface area (Å²) in [4.78, 5) is 14.0. The molecule has 1 aromatic rings. The summed E-state index contributed by atoms with van der Waals surface area (Å²) in [6.45, 7) is 1.47. The van der Waals surface area contributed by atoms with E-state index in [0.29, 0.717) is 31.1 Å². The van der Waals surface area contributed by atoms with E-state index in [-0.39, 0.29) is 17.8 Å². The molecule has 0 saturated carbocycles. The molecule has 18 heavy (non-hydrogen) atoms. The number of ether oxygens (including phenoxy) is 1. The van der Waals surface area contributed by atoms with Gasteiger partial charge in [0.1, 0.15) is 5.75 Å². The smallest absolute Gasteiger partial charge is 0.257 e. The lowest BCUT2D eigenvalue weighted by molar-refractivity contribution is -0.0109. The fourth-order valence-electron chi connectivity index (χ4n) is 1.85. The Hall–Kier alpha value is -0.530. The lowest BCUT2D eigenvalue weighted by Crippen LogP contribution is -2.46. The molecule has 98 valence electrons. The molecule has 6 heteroatoms. The lowest BCUT2D eigenvalue weighted by Gasteiger charge is -2.32. The molecule has 1 aliphatic heterocycles. The molecule has 1 aromatic carbocycles. The van der Waals surface area contributed by atoms with Crippen molar-refractivity contribution in [1.29, 1.82) is 0 Å². The normalized spacial score (nSPS) is 19.9. The van der Waals surface area contributed by atoms with Gasteiger partial charge in [0.2, 0.25) is 0 Å². The van der Waals surface area contributed by atoms with Gasteiger partial charge in [-0.05, 0) is 40.8 Å². The second-order valence-corrected chi connectivity index (χ2v) is 5.61. The molecule has 0 spiro atoms. The maximum atomic E-state index is 12.3. The minimum atomic E-state index is -0.176. The first-order chi connectivity index (χ1) is 8.61. The minimum absolute atomic E-state index is 0.00864. The fourth-order valence-corrected chi connectivity index (χ4v) is 2.52. The van der Waals surface area contributed by atoms with Crippen molar-refractivity contribution in [3.63, 3.8) is 0 Å². The number of morpholine rings is 1. The topological polar surface area (TPSA) is 49.8 Å². The van der Waals surface area contributed by atoms with Gasteiger partial charge in [0.15, 0.2) is 0 Å². The van der Waals surface area contributed by atoms with Crippen molar-refractivity contribution >= 4 is 40.1 Å². The highest BCUT2D eigenvalue weighted by Gasteiger charge is 2.26. The van der Waals surface area contributed by atoms with Gasteiger partial charge in [0.05, 0.1) is 24.2 Å². The average molecular weight is 382 g/mol. The Balaban J connectivity index is 2.17. The van der Waals surface area contributed by atoms with Crippen LogP contribution in [-0.2, 0) is 4.74 Å². The average Bonchev–Trinajstić information content (AvgIpc) is 2.41. The molecule has 0 aromatic heterocycles. The van der Waals surface area contributed by atoms with Crippen molar-refractivity contribution in [3.05, 3.63) is 27.3 Å². The molecule has 4 nitrogen and oxygen atoms in total. The summed E-state index contributed by atoms with van der Waals surface area (Å²) >= 11 is 7.85. The number of benzene rings is 1. The highest BCUT2D eigenvalue weighted by molar-refractivity contribution is 14.1. The number of phenols is 1. The zero-order chi connectivity index (χ0) is 13.1. The second kappa shape index (κ2) is 6.08. The highest BCUT2D eigenvalue weighted by atomic mass is 127. The van der Waals surface area contributed by atoms with E-state index in [1.807, 2.05) is 0 Å². The number of phenolic OH excluding ortho intramolecular Hbond substituents is 1. The number of hydrogen-bond acceptors (Lipinski definition) is 3. The van der Waals surface area contributed by atoms with Crippen molar-refractivity contribution in [2.24, 2.45) is 0 Å². The van der Waals surface area contributed by atoms with Gasteiger partial charge in [-0.3, -0.25) is 4.79 Å². The predicted octanol–water partition coefficient (Wildman–Crippen LogP) is 2.08. The molecule has 0 radical (unpaired) electrons. The van der Waals surface area contributed by atoms with E-state index in [4.69, 9.17) is 16.3 Å². The molecule has 1 N–H and O–H groups in total. The molecule has 0 aliphatic carbocycles. The minimum Gasteiger partial charge on any atom is -0.507 e. The molecule has 1 fully saturated rings. The van der Waals surface area contributed by atoms with E-state index in [0.717, 1.165) is 3.57 Å². The first-order valence-corrected chi connectivity index (χ1v) is 7.18. The fraction of sp³-hybridized carbons (Fsp3) is 0.417. The van der Waals surface area contributed by atoms with Crippen molar-refractivity contribution in [1.82, 2.24) is 4.90 Å². The van der Waals surface area contributed by atoms with Crippen LogP contribution in [-0.4, -0.2) is 47.6 Å². The van der Waals surface area contributed by atoms with Gasteiger partial charge >= 0.3 is 0 Å². The lowest BCUT2D eigenvalue weighted by atomic mass is 10.1. The largest absolute Gasteiger partial charge is 0.507 e. The number of hydrogen-bond donors (Lipinski definition) is 1. The van der Waals surface area contributed by atoms with Crippen LogP contribution in [0.1, 0.15) is 10.4 Å². The number of aromatic hydroxyl groups is 1. The molecular weight excluding hydrogens is 368 g/mol. The van der Waals surface area contributed by atoms with Gasteiger partial charge in [-0.25, -0.2) is 0 Å². The van der Waals surface area contributed by atoms with Crippen LogP contribution in [0.5, 0.6) is 5.75 Å². The monoisotopic (exact) mass is 381 g/mol. The Morgan fingerprint density at radius 1 is 1.61 bits per heavy atom. The zero-order valence-electron chi connectivity index (χ0n) is 9.60. The van der Waals surface area contributed by atoms with Crippen LogP contribution in [0.25, 0.3) is 0 Å². The van der Waals surface area contributed by atoms with Gasteiger partial charge < -0.3 is 14.7 Å². The number of nitrogens with zero attached hydrogens (tertiary/aromatic N) is 1. The molecule has 1 atom stereocenters.